The topological polar surface area (TPSA) is 65.0 Å². The van der Waals surface area contributed by atoms with Crippen molar-refractivity contribution in [2.75, 3.05) is 13.2 Å². The lowest BCUT2D eigenvalue weighted by molar-refractivity contribution is -0.105. The highest BCUT2D eigenvalue weighted by molar-refractivity contribution is 5.99. The van der Waals surface area contributed by atoms with Crippen molar-refractivity contribution in [3.63, 3.8) is 0 Å². The van der Waals surface area contributed by atoms with E-state index in [1.807, 2.05) is 30.3 Å². The first-order valence-electron chi connectivity index (χ1n) is 10.5. The van der Waals surface area contributed by atoms with Gasteiger partial charge in [0.05, 0.1) is 18.3 Å². The molecule has 5 heteroatoms. The van der Waals surface area contributed by atoms with Crippen LogP contribution >= 0.6 is 0 Å². The third-order valence-corrected chi connectivity index (χ3v) is 5.57. The Kier molecular flexibility index (Phi) is 6.47. The lowest BCUT2D eigenvalue weighted by atomic mass is 9.97. The molecule has 154 valence electrons. The molecule has 2 saturated heterocycles. The Morgan fingerprint density at radius 1 is 0.966 bits per heavy atom. The van der Waals surface area contributed by atoms with Crippen molar-refractivity contribution >= 4 is 5.78 Å². The van der Waals surface area contributed by atoms with Gasteiger partial charge in [0.1, 0.15) is 11.5 Å². The van der Waals surface area contributed by atoms with E-state index >= 15 is 0 Å². The van der Waals surface area contributed by atoms with E-state index in [0.717, 1.165) is 68.6 Å². The van der Waals surface area contributed by atoms with Crippen molar-refractivity contribution in [2.45, 2.75) is 57.3 Å². The molecule has 29 heavy (non-hydrogen) atoms. The highest BCUT2D eigenvalue weighted by Gasteiger charge is 2.19. The van der Waals surface area contributed by atoms with Gasteiger partial charge in [-0.1, -0.05) is 18.2 Å². The molecular weight excluding hydrogens is 368 g/mol. The molecule has 2 heterocycles. The average Bonchev–Trinajstić information content (AvgIpc) is 2.76. The van der Waals surface area contributed by atoms with Crippen LogP contribution in [0, 0.1) is 0 Å². The molecule has 2 aromatic carbocycles. The maximum absolute atomic E-state index is 12.7. The summed E-state index contributed by atoms with van der Waals surface area (Å²) in [6.45, 7) is 1.49. The lowest BCUT2D eigenvalue weighted by Gasteiger charge is -2.23. The van der Waals surface area contributed by atoms with E-state index in [0.29, 0.717) is 5.56 Å². The lowest BCUT2D eigenvalue weighted by Crippen LogP contribution is -2.24. The first kappa shape index (κ1) is 19.9. The molecule has 0 aliphatic carbocycles. The van der Waals surface area contributed by atoms with Crippen LogP contribution in [0.15, 0.2) is 42.5 Å². The van der Waals surface area contributed by atoms with E-state index in [-0.39, 0.29) is 30.3 Å². The van der Waals surface area contributed by atoms with E-state index in [4.69, 9.17) is 14.2 Å². The monoisotopic (exact) mass is 396 g/mol. The minimum absolute atomic E-state index is 0.0134. The van der Waals surface area contributed by atoms with Crippen LogP contribution in [0.5, 0.6) is 11.5 Å². The predicted octanol–water partition coefficient (Wildman–Crippen LogP) is 4.96. The summed E-state index contributed by atoms with van der Waals surface area (Å²) in [4.78, 5) is 12.7. The summed E-state index contributed by atoms with van der Waals surface area (Å²) in [6, 6.07) is 12.8. The molecule has 0 radical (unpaired) electrons. The van der Waals surface area contributed by atoms with Gasteiger partial charge in [0, 0.05) is 19.4 Å². The van der Waals surface area contributed by atoms with Crippen LogP contribution in [-0.2, 0) is 15.9 Å². The Morgan fingerprint density at radius 2 is 1.72 bits per heavy atom. The van der Waals surface area contributed by atoms with Crippen LogP contribution in [0.4, 0.5) is 0 Å². The van der Waals surface area contributed by atoms with Gasteiger partial charge in [-0.3, -0.25) is 4.79 Å². The van der Waals surface area contributed by atoms with Crippen molar-refractivity contribution in [3.8, 4) is 11.5 Å². The maximum atomic E-state index is 12.7. The van der Waals surface area contributed by atoms with Gasteiger partial charge < -0.3 is 19.3 Å². The smallest absolute Gasteiger partial charge is 0.199 e. The average molecular weight is 396 g/mol. The largest absolute Gasteiger partial charge is 0.507 e. The van der Waals surface area contributed by atoms with Gasteiger partial charge in [0.25, 0.3) is 0 Å². The zero-order valence-electron chi connectivity index (χ0n) is 16.6. The van der Waals surface area contributed by atoms with Crippen LogP contribution in [0.1, 0.15) is 66.1 Å². The molecule has 2 unspecified atom stereocenters. The third-order valence-electron chi connectivity index (χ3n) is 5.57. The van der Waals surface area contributed by atoms with E-state index in [1.54, 1.807) is 12.1 Å². The Balaban J connectivity index is 1.37. The standard InChI is InChI=1S/C24H28O5/c25-21(20-12-9-18(16-22(20)26)23-5-1-3-13-27-23)15-17-7-10-19(11-8-17)29-24-6-2-4-14-28-24/h7-12,16,23-24,26H,1-6,13-15H2. The zero-order chi connectivity index (χ0) is 20.1. The van der Waals surface area contributed by atoms with Crippen molar-refractivity contribution in [2.24, 2.45) is 0 Å². The van der Waals surface area contributed by atoms with Crippen LogP contribution < -0.4 is 4.74 Å². The number of phenolic OH excluding ortho intramolecular Hbond substituents is 1. The molecule has 4 rings (SSSR count). The number of rotatable bonds is 6. The van der Waals surface area contributed by atoms with Crippen molar-refractivity contribution in [1.82, 2.24) is 0 Å². The Bertz CT molecular complexity index is 818. The van der Waals surface area contributed by atoms with Gasteiger partial charge in [0.15, 0.2) is 12.1 Å². The fourth-order valence-corrected chi connectivity index (χ4v) is 3.91. The minimum atomic E-state index is -0.181. The zero-order valence-corrected chi connectivity index (χ0v) is 16.6. The van der Waals surface area contributed by atoms with Gasteiger partial charge in [-0.15, -0.1) is 0 Å². The van der Waals surface area contributed by atoms with Gasteiger partial charge in [-0.25, -0.2) is 0 Å². The van der Waals surface area contributed by atoms with E-state index in [1.165, 1.54) is 0 Å². The number of hydrogen-bond acceptors (Lipinski definition) is 5. The first-order chi connectivity index (χ1) is 14.2. The number of phenols is 1. The number of hydrogen-bond donors (Lipinski definition) is 1. The number of ketones is 1. The number of aromatic hydroxyl groups is 1. The van der Waals surface area contributed by atoms with Crippen molar-refractivity contribution in [1.29, 1.82) is 0 Å². The Morgan fingerprint density at radius 3 is 2.38 bits per heavy atom. The molecular formula is C24H28O5. The fourth-order valence-electron chi connectivity index (χ4n) is 3.91. The first-order valence-corrected chi connectivity index (χ1v) is 10.5. The summed E-state index contributed by atoms with van der Waals surface area (Å²) in [6.07, 6.45) is 6.32. The van der Waals surface area contributed by atoms with Crippen molar-refractivity contribution < 1.29 is 24.1 Å². The molecule has 2 aliphatic rings. The van der Waals surface area contributed by atoms with Gasteiger partial charge >= 0.3 is 0 Å². The SMILES string of the molecule is O=C(Cc1ccc(OC2CCCCO2)cc1)c1ccc(C2CCCCO2)cc1O. The number of carbonyl (C=O) groups excluding carboxylic acids is 1. The Labute approximate surface area is 171 Å². The maximum Gasteiger partial charge on any atom is 0.199 e. The molecule has 0 bridgehead atoms. The molecule has 2 aliphatic heterocycles. The second kappa shape index (κ2) is 9.42. The minimum Gasteiger partial charge on any atom is -0.507 e. The Hall–Kier alpha value is -2.37. The second-order valence-electron chi connectivity index (χ2n) is 7.79. The summed E-state index contributed by atoms with van der Waals surface area (Å²) in [5.41, 5.74) is 2.16. The summed E-state index contributed by atoms with van der Waals surface area (Å²) >= 11 is 0. The molecule has 0 amide bonds. The highest BCUT2D eigenvalue weighted by atomic mass is 16.7. The molecule has 2 atom stereocenters. The van der Waals surface area contributed by atoms with E-state index in [2.05, 4.69) is 0 Å². The van der Waals surface area contributed by atoms with E-state index < -0.39 is 0 Å². The number of benzene rings is 2. The van der Waals surface area contributed by atoms with Gasteiger partial charge in [-0.05, 0) is 67.5 Å². The summed E-state index contributed by atoms with van der Waals surface area (Å²) < 4.78 is 17.2. The molecule has 2 aromatic rings. The molecule has 0 aromatic heterocycles. The quantitative estimate of drug-likeness (QED) is 0.699. The van der Waals surface area contributed by atoms with Gasteiger partial charge in [0.2, 0.25) is 0 Å². The van der Waals surface area contributed by atoms with Crippen LogP contribution in [-0.4, -0.2) is 30.4 Å². The predicted molar refractivity (Wildman–Crippen MR) is 109 cm³/mol. The highest BCUT2D eigenvalue weighted by Crippen LogP contribution is 2.31. The molecule has 0 spiro atoms. The van der Waals surface area contributed by atoms with Crippen LogP contribution in [0.3, 0.4) is 0 Å². The second-order valence-corrected chi connectivity index (χ2v) is 7.79. The number of Topliss-reactive ketones (excluding diaryl/α,β-unsaturated/α-hetero) is 1. The van der Waals surface area contributed by atoms with Crippen LogP contribution in [0.2, 0.25) is 0 Å². The molecule has 1 N–H and O–H groups in total. The number of carbonyl (C=O) groups is 1. The molecule has 2 fully saturated rings. The number of ether oxygens (including phenoxy) is 3. The normalized spacial score (nSPS) is 22.2. The van der Waals surface area contributed by atoms with E-state index in [9.17, 15) is 9.90 Å². The third kappa shape index (κ3) is 5.17. The molecule has 0 saturated carbocycles. The summed E-state index contributed by atoms with van der Waals surface area (Å²) in [5, 5.41) is 10.4. The molecule has 5 nitrogen and oxygen atoms in total. The van der Waals surface area contributed by atoms with Crippen LogP contribution in [0.25, 0.3) is 0 Å². The summed E-state index contributed by atoms with van der Waals surface area (Å²) in [5.74, 6) is 0.659. The van der Waals surface area contributed by atoms with Gasteiger partial charge in [-0.2, -0.15) is 0 Å². The van der Waals surface area contributed by atoms with Crippen molar-refractivity contribution in [3.05, 3.63) is 59.2 Å². The summed E-state index contributed by atoms with van der Waals surface area (Å²) in [7, 11) is 0. The fraction of sp³-hybridized carbons (Fsp3) is 0.458.